The fourth-order valence-corrected chi connectivity index (χ4v) is 11.1. The van der Waals surface area contributed by atoms with Crippen molar-refractivity contribution in [1.82, 2.24) is 4.31 Å². The van der Waals surface area contributed by atoms with Gasteiger partial charge in [0, 0.05) is 34.6 Å². The highest BCUT2D eigenvalue weighted by Gasteiger charge is 2.72. The van der Waals surface area contributed by atoms with E-state index in [0.717, 1.165) is 33.8 Å². The molecule has 3 fully saturated rings. The van der Waals surface area contributed by atoms with E-state index in [1.165, 1.54) is 12.1 Å². The van der Waals surface area contributed by atoms with Gasteiger partial charge in [-0.05, 0) is 48.3 Å². The number of nitro groups is 1. The summed E-state index contributed by atoms with van der Waals surface area (Å²) in [6.45, 7) is 4.52. The Morgan fingerprint density at radius 1 is 0.959 bits per heavy atom. The van der Waals surface area contributed by atoms with Gasteiger partial charge in [-0.25, -0.2) is 12.7 Å². The van der Waals surface area contributed by atoms with Gasteiger partial charge >= 0.3 is 0 Å². The minimum Gasteiger partial charge on any atom is -0.489 e. The molecule has 10 heteroatoms. The van der Waals surface area contributed by atoms with Crippen molar-refractivity contribution < 1.29 is 22.9 Å². The summed E-state index contributed by atoms with van der Waals surface area (Å²) in [5.74, 6) is -0.0224. The molecule has 1 saturated heterocycles. The van der Waals surface area contributed by atoms with Crippen LogP contribution in [0.15, 0.2) is 114 Å². The summed E-state index contributed by atoms with van der Waals surface area (Å²) in [4.78, 5) is 31.8. The van der Waals surface area contributed by atoms with Crippen LogP contribution < -0.4 is 4.74 Å². The highest BCUT2D eigenvalue weighted by Crippen LogP contribution is 2.70. The first-order valence-electron chi connectivity index (χ1n) is 16.7. The van der Waals surface area contributed by atoms with Crippen molar-refractivity contribution in [3.8, 4) is 5.75 Å². The second-order valence-electron chi connectivity index (χ2n) is 14.0. The van der Waals surface area contributed by atoms with E-state index in [4.69, 9.17) is 9.73 Å². The molecule has 252 valence electrons. The first kappa shape index (κ1) is 32.7. The predicted octanol–water partition coefficient (Wildman–Crippen LogP) is 6.99. The Hall–Kier alpha value is -4.83. The number of carbonyl (C=O) groups excluding carboxylic acids is 1. The van der Waals surface area contributed by atoms with Crippen LogP contribution >= 0.6 is 0 Å². The second-order valence-corrected chi connectivity index (χ2v) is 15.9. The molecule has 0 aromatic heterocycles. The summed E-state index contributed by atoms with van der Waals surface area (Å²) in [5.41, 5.74) is 2.18. The van der Waals surface area contributed by atoms with E-state index < -0.39 is 38.4 Å². The number of aliphatic imine (C=N–C) groups is 1. The van der Waals surface area contributed by atoms with Gasteiger partial charge in [-0.15, -0.1) is 0 Å². The number of hydrogen-bond donors (Lipinski definition) is 0. The molecule has 4 aromatic rings. The smallest absolute Gasteiger partial charge is 0.272 e. The molecule has 3 aliphatic rings. The molecule has 2 aliphatic carbocycles. The topological polar surface area (TPSA) is 119 Å². The lowest BCUT2D eigenvalue weighted by Crippen LogP contribution is -2.48. The van der Waals surface area contributed by atoms with Crippen molar-refractivity contribution >= 4 is 27.3 Å². The fourth-order valence-electron chi connectivity index (χ4n) is 8.52. The van der Waals surface area contributed by atoms with Crippen LogP contribution in [0, 0.1) is 26.9 Å². The largest absolute Gasteiger partial charge is 0.489 e. The molecule has 1 heterocycles. The third-order valence-electron chi connectivity index (χ3n) is 11.2. The highest BCUT2D eigenvalue weighted by atomic mass is 32.2. The molecule has 1 amide bonds. The molecule has 1 aliphatic heterocycles. The number of fused-ring (bicyclic) bond motifs is 1. The first-order chi connectivity index (χ1) is 23.5. The van der Waals surface area contributed by atoms with E-state index in [2.05, 4.69) is 13.8 Å². The van der Waals surface area contributed by atoms with Crippen LogP contribution in [0.2, 0.25) is 0 Å². The van der Waals surface area contributed by atoms with Gasteiger partial charge in [0.2, 0.25) is 10.0 Å². The monoisotopic (exact) mass is 677 g/mol. The normalized spacial score (nSPS) is 23.4. The number of hydrogen-bond acceptors (Lipinski definition) is 7. The summed E-state index contributed by atoms with van der Waals surface area (Å²) in [6, 6.07) is 31.1. The maximum Gasteiger partial charge on any atom is 0.272 e. The SMILES string of the molecule is CC1(C)[C@H]2CC[C@@]13CS(=O)(=O)N(C(=O)[C@H](Cc1cc(OCc4ccccc4)ccc1[N+](=O)[O-])N=C(c1ccccc1)c1ccccc1)[C@H]3C2. The number of carbonyl (C=O) groups is 1. The molecule has 0 unspecified atom stereocenters. The van der Waals surface area contributed by atoms with Crippen LogP contribution in [0.3, 0.4) is 0 Å². The van der Waals surface area contributed by atoms with Gasteiger partial charge in [0.1, 0.15) is 18.4 Å². The van der Waals surface area contributed by atoms with Crippen LogP contribution in [-0.4, -0.2) is 47.1 Å². The number of nitrogens with zero attached hydrogens (tertiary/aromatic N) is 3. The lowest BCUT2D eigenvalue weighted by molar-refractivity contribution is -0.385. The van der Waals surface area contributed by atoms with Gasteiger partial charge in [-0.2, -0.15) is 0 Å². The number of sulfonamides is 1. The molecular formula is C39H39N3O6S. The molecule has 9 nitrogen and oxygen atoms in total. The van der Waals surface area contributed by atoms with E-state index in [-0.39, 0.29) is 35.4 Å². The van der Waals surface area contributed by atoms with E-state index in [1.807, 2.05) is 91.0 Å². The van der Waals surface area contributed by atoms with Crippen molar-refractivity contribution in [3.05, 3.63) is 142 Å². The maximum atomic E-state index is 14.9. The van der Waals surface area contributed by atoms with Crippen LogP contribution in [0.1, 0.15) is 55.4 Å². The quantitative estimate of drug-likeness (QED) is 0.101. The molecule has 2 saturated carbocycles. The molecule has 49 heavy (non-hydrogen) atoms. The van der Waals surface area contributed by atoms with Crippen LogP contribution in [-0.2, 0) is 27.8 Å². The molecule has 2 bridgehead atoms. The maximum absolute atomic E-state index is 14.9. The molecule has 0 radical (unpaired) electrons. The fraction of sp³-hybridized carbons (Fsp3) is 0.333. The summed E-state index contributed by atoms with van der Waals surface area (Å²) in [6.07, 6.45) is 2.11. The van der Waals surface area contributed by atoms with Crippen LogP contribution in [0.25, 0.3) is 0 Å². The molecule has 4 aromatic carbocycles. The lowest BCUT2D eigenvalue weighted by atomic mass is 9.69. The number of benzene rings is 4. The van der Waals surface area contributed by atoms with E-state index in [9.17, 15) is 23.3 Å². The molecule has 4 atom stereocenters. The second kappa shape index (κ2) is 12.6. The van der Waals surface area contributed by atoms with Crippen molar-refractivity contribution in [2.45, 2.75) is 58.2 Å². The van der Waals surface area contributed by atoms with Crippen molar-refractivity contribution in [2.75, 3.05) is 5.75 Å². The summed E-state index contributed by atoms with van der Waals surface area (Å²) >= 11 is 0. The number of rotatable bonds is 10. The average Bonchev–Trinajstić information content (AvgIpc) is 3.58. The Labute approximate surface area is 286 Å². The van der Waals surface area contributed by atoms with Gasteiger partial charge in [-0.3, -0.25) is 19.9 Å². The molecule has 1 spiro atoms. The molecule has 7 rings (SSSR count). The van der Waals surface area contributed by atoms with Gasteiger partial charge in [-0.1, -0.05) is 105 Å². The average molecular weight is 678 g/mol. The first-order valence-corrected chi connectivity index (χ1v) is 18.3. The minimum absolute atomic E-state index is 0.0798. The number of nitro benzene ring substituents is 1. The Balaban J connectivity index is 1.33. The van der Waals surface area contributed by atoms with E-state index in [0.29, 0.717) is 23.8 Å². The number of amides is 1. The van der Waals surface area contributed by atoms with Crippen molar-refractivity contribution in [3.63, 3.8) is 0 Å². The van der Waals surface area contributed by atoms with Crippen molar-refractivity contribution in [2.24, 2.45) is 21.7 Å². The predicted molar refractivity (Wildman–Crippen MR) is 188 cm³/mol. The summed E-state index contributed by atoms with van der Waals surface area (Å²) < 4.78 is 35.2. The Bertz CT molecular complexity index is 1980. The minimum atomic E-state index is -3.98. The van der Waals surface area contributed by atoms with Crippen molar-refractivity contribution in [1.29, 1.82) is 0 Å². The summed E-state index contributed by atoms with van der Waals surface area (Å²) in [5, 5.41) is 12.3. The molecular weight excluding hydrogens is 639 g/mol. The Morgan fingerprint density at radius 3 is 2.16 bits per heavy atom. The van der Waals surface area contributed by atoms with Crippen LogP contribution in [0.5, 0.6) is 5.75 Å². The van der Waals surface area contributed by atoms with Gasteiger partial charge < -0.3 is 4.74 Å². The Kier molecular flexibility index (Phi) is 8.39. The standard InChI is InChI=1S/C39H39N3O6S/c1-38(2)31-20-21-39(38)26-49(46,47)41(35(39)24-31)37(43)33(40-36(28-14-8-4-9-15-28)29-16-10-5-11-17-29)23-30-22-32(18-19-34(30)42(44)45)48-25-27-12-6-3-7-13-27/h3-19,22,31,33,35H,20-21,23-26H2,1-2H3/t31-,33-,35-,39-/m0/s1. The third-order valence-corrected chi connectivity index (χ3v) is 13.1. The molecule has 0 N–H and O–H groups in total. The zero-order valence-corrected chi connectivity index (χ0v) is 28.4. The van der Waals surface area contributed by atoms with Gasteiger partial charge in [0.05, 0.1) is 22.4 Å². The van der Waals surface area contributed by atoms with Gasteiger partial charge in [0.15, 0.2) is 0 Å². The number of ether oxygens (including phenoxy) is 1. The summed E-state index contributed by atoms with van der Waals surface area (Å²) in [7, 11) is -3.98. The Morgan fingerprint density at radius 2 is 1.57 bits per heavy atom. The third kappa shape index (κ3) is 5.82. The lowest BCUT2D eigenvalue weighted by Gasteiger charge is -2.37. The zero-order chi connectivity index (χ0) is 34.4. The highest BCUT2D eigenvalue weighted by molar-refractivity contribution is 7.90. The van der Waals surface area contributed by atoms with Crippen LogP contribution in [0.4, 0.5) is 5.69 Å². The van der Waals surface area contributed by atoms with E-state index in [1.54, 1.807) is 6.07 Å². The zero-order valence-electron chi connectivity index (χ0n) is 27.6. The van der Waals surface area contributed by atoms with Gasteiger partial charge in [0.25, 0.3) is 11.6 Å². The van der Waals surface area contributed by atoms with E-state index >= 15 is 0 Å².